The van der Waals surface area contributed by atoms with E-state index >= 15 is 0 Å². The average molecular weight is 451 g/mol. The number of carbonyl (C=O) groups is 2. The van der Waals surface area contributed by atoms with E-state index in [1.165, 1.54) is 57.8 Å². The molecule has 0 unspecified atom stereocenters. The predicted octanol–water partition coefficient (Wildman–Crippen LogP) is 5.38. The highest BCUT2D eigenvalue weighted by atomic mass is 16.6. The summed E-state index contributed by atoms with van der Waals surface area (Å²) in [6.45, 7) is 5.32. The first kappa shape index (κ1) is 28.3. The normalized spacial score (nSPS) is 10.9. The largest absolute Gasteiger partial charge is 0.457 e. The number of ketones is 1. The number of rotatable bonds is 22. The van der Waals surface area contributed by atoms with E-state index in [1.807, 2.05) is 0 Å². The van der Waals surface area contributed by atoms with Crippen LogP contribution < -0.4 is 0 Å². The van der Waals surface area contributed by atoms with Gasteiger partial charge in [-0.2, -0.15) is 0 Å². The molecule has 0 N–H and O–H groups in total. The molecular formula is C26H42O6. The van der Waals surface area contributed by atoms with Crippen LogP contribution in [0.3, 0.4) is 0 Å². The minimum atomic E-state index is -0.865. The highest BCUT2D eigenvalue weighted by Gasteiger charge is 2.16. The van der Waals surface area contributed by atoms with E-state index in [-0.39, 0.29) is 13.2 Å². The van der Waals surface area contributed by atoms with Gasteiger partial charge in [0.05, 0.1) is 33.0 Å². The topological polar surface area (TPSA) is 71.1 Å². The van der Waals surface area contributed by atoms with Crippen LogP contribution in [0.1, 0.15) is 81.5 Å². The van der Waals surface area contributed by atoms with Crippen molar-refractivity contribution in [2.75, 3.05) is 46.2 Å². The minimum Gasteiger partial charge on any atom is -0.457 e. The maximum absolute atomic E-state index is 11.8. The summed E-state index contributed by atoms with van der Waals surface area (Å²) in [6.07, 6.45) is 13.2. The molecule has 0 bridgehead atoms. The first-order chi connectivity index (χ1) is 15.8. The molecule has 0 saturated carbocycles. The van der Waals surface area contributed by atoms with Crippen LogP contribution >= 0.6 is 0 Å². The molecule has 6 nitrogen and oxygen atoms in total. The summed E-state index contributed by atoms with van der Waals surface area (Å²) in [5, 5.41) is 0. The zero-order valence-corrected chi connectivity index (χ0v) is 19.9. The number of hydrogen-bond acceptors (Lipinski definition) is 6. The Morgan fingerprint density at radius 2 is 1.06 bits per heavy atom. The zero-order chi connectivity index (χ0) is 23.1. The van der Waals surface area contributed by atoms with Crippen molar-refractivity contribution in [1.82, 2.24) is 0 Å². The molecule has 0 spiro atoms. The van der Waals surface area contributed by atoms with Gasteiger partial charge in [0.2, 0.25) is 0 Å². The molecule has 0 aliphatic heterocycles. The fourth-order valence-electron chi connectivity index (χ4n) is 3.20. The molecule has 6 heteroatoms. The van der Waals surface area contributed by atoms with E-state index in [9.17, 15) is 9.59 Å². The lowest BCUT2D eigenvalue weighted by Gasteiger charge is -2.07. The van der Waals surface area contributed by atoms with Crippen molar-refractivity contribution >= 4 is 11.8 Å². The van der Waals surface area contributed by atoms with Crippen molar-refractivity contribution in [1.29, 1.82) is 0 Å². The Morgan fingerprint density at radius 1 is 0.594 bits per heavy atom. The van der Waals surface area contributed by atoms with E-state index in [4.69, 9.17) is 18.9 Å². The summed E-state index contributed by atoms with van der Waals surface area (Å²) in [6, 6.07) is 8.35. The molecule has 0 radical (unpaired) electrons. The van der Waals surface area contributed by atoms with Crippen LogP contribution in [0, 0.1) is 0 Å². The van der Waals surface area contributed by atoms with E-state index in [0.29, 0.717) is 32.0 Å². The van der Waals surface area contributed by atoms with Crippen molar-refractivity contribution in [3.63, 3.8) is 0 Å². The third kappa shape index (κ3) is 16.0. The standard InChI is InChI=1S/C26H42O6/c1-2-3-4-5-6-7-8-9-10-14-17-29-18-19-30-20-21-31-22-23-32-26(28)25(27)24-15-12-11-13-16-24/h11-13,15-16H,2-10,14,17-23H2,1H3. The molecule has 0 saturated heterocycles. The van der Waals surface area contributed by atoms with Gasteiger partial charge in [0.25, 0.3) is 5.78 Å². The van der Waals surface area contributed by atoms with E-state index < -0.39 is 11.8 Å². The van der Waals surface area contributed by atoms with Crippen molar-refractivity contribution in [3.8, 4) is 0 Å². The fraction of sp³-hybridized carbons (Fsp3) is 0.692. The molecule has 0 fully saturated rings. The second-order valence-electron chi connectivity index (χ2n) is 7.85. The smallest absolute Gasteiger partial charge is 0.379 e. The summed E-state index contributed by atoms with van der Waals surface area (Å²) in [5.41, 5.74) is 0.321. The van der Waals surface area contributed by atoms with Gasteiger partial charge < -0.3 is 18.9 Å². The molecule has 0 aliphatic rings. The molecule has 0 amide bonds. The summed E-state index contributed by atoms with van der Waals surface area (Å²) < 4.78 is 21.3. The van der Waals surface area contributed by atoms with Crippen LogP contribution in [0.2, 0.25) is 0 Å². The second-order valence-corrected chi connectivity index (χ2v) is 7.85. The second kappa shape index (κ2) is 21.1. The highest BCUT2D eigenvalue weighted by molar-refractivity contribution is 6.40. The number of esters is 1. The van der Waals surface area contributed by atoms with Gasteiger partial charge in [0.1, 0.15) is 6.61 Å². The summed E-state index contributed by atoms with van der Waals surface area (Å²) in [5.74, 6) is -1.51. The van der Waals surface area contributed by atoms with Gasteiger partial charge >= 0.3 is 5.97 Å². The monoisotopic (exact) mass is 450 g/mol. The Balaban J connectivity index is 1.77. The number of hydrogen-bond donors (Lipinski definition) is 0. The molecule has 0 aromatic heterocycles. The Labute approximate surface area is 194 Å². The Bertz CT molecular complexity index is 575. The molecule has 1 aromatic rings. The third-order valence-electron chi connectivity index (χ3n) is 5.07. The van der Waals surface area contributed by atoms with Crippen molar-refractivity contribution in [3.05, 3.63) is 35.9 Å². The number of carbonyl (C=O) groups excluding carboxylic acids is 2. The summed E-state index contributed by atoms with van der Waals surface area (Å²) in [7, 11) is 0. The van der Waals surface area contributed by atoms with Gasteiger partial charge in [-0.25, -0.2) is 4.79 Å². The van der Waals surface area contributed by atoms with Crippen LogP contribution in [0.15, 0.2) is 30.3 Å². The van der Waals surface area contributed by atoms with Gasteiger partial charge in [-0.1, -0.05) is 95.0 Å². The quantitative estimate of drug-likeness (QED) is 0.102. The number of benzene rings is 1. The first-order valence-corrected chi connectivity index (χ1v) is 12.3. The Morgan fingerprint density at radius 3 is 1.62 bits per heavy atom. The van der Waals surface area contributed by atoms with Crippen LogP contribution in [0.25, 0.3) is 0 Å². The zero-order valence-electron chi connectivity index (χ0n) is 19.9. The molecule has 0 heterocycles. The number of unbranched alkanes of at least 4 members (excludes halogenated alkanes) is 9. The van der Waals surface area contributed by atoms with Crippen molar-refractivity contribution in [2.24, 2.45) is 0 Å². The summed E-state index contributed by atoms with van der Waals surface area (Å²) in [4.78, 5) is 23.5. The Hall–Kier alpha value is -1.76. The molecule has 0 aliphatic carbocycles. The van der Waals surface area contributed by atoms with Gasteiger partial charge in [-0.3, -0.25) is 4.79 Å². The first-order valence-electron chi connectivity index (χ1n) is 12.3. The van der Waals surface area contributed by atoms with Crippen molar-refractivity contribution < 1.29 is 28.5 Å². The number of ether oxygens (including phenoxy) is 4. The lowest BCUT2D eigenvalue weighted by Crippen LogP contribution is -2.20. The molecular weight excluding hydrogens is 408 g/mol. The third-order valence-corrected chi connectivity index (χ3v) is 5.07. The van der Waals surface area contributed by atoms with Gasteiger partial charge in [-0.15, -0.1) is 0 Å². The minimum absolute atomic E-state index is 0.0410. The van der Waals surface area contributed by atoms with Gasteiger partial charge in [0, 0.05) is 12.2 Å². The average Bonchev–Trinajstić information content (AvgIpc) is 2.82. The molecule has 182 valence electrons. The summed E-state index contributed by atoms with van der Waals surface area (Å²) >= 11 is 0. The molecule has 1 rings (SSSR count). The predicted molar refractivity (Wildman–Crippen MR) is 126 cm³/mol. The van der Waals surface area contributed by atoms with Crippen LogP contribution in [-0.4, -0.2) is 58.0 Å². The Kier molecular flexibility index (Phi) is 18.6. The van der Waals surface area contributed by atoms with Gasteiger partial charge in [-0.05, 0) is 6.42 Å². The van der Waals surface area contributed by atoms with E-state index in [1.54, 1.807) is 30.3 Å². The van der Waals surface area contributed by atoms with Crippen LogP contribution in [0.4, 0.5) is 0 Å². The molecule has 32 heavy (non-hydrogen) atoms. The lowest BCUT2D eigenvalue weighted by molar-refractivity contribution is -0.139. The number of Topliss-reactive ketones (excluding diaryl/α,β-unsaturated/α-hetero) is 1. The fourth-order valence-corrected chi connectivity index (χ4v) is 3.20. The van der Waals surface area contributed by atoms with Gasteiger partial charge in [0.15, 0.2) is 0 Å². The molecule has 0 atom stereocenters. The van der Waals surface area contributed by atoms with Crippen molar-refractivity contribution in [2.45, 2.75) is 71.1 Å². The maximum Gasteiger partial charge on any atom is 0.379 e. The molecule has 1 aromatic carbocycles. The van der Waals surface area contributed by atoms with E-state index in [0.717, 1.165) is 13.0 Å². The van der Waals surface area contributed by atoms with E-state index in [2.05, 4.69) is 6.92 Å². The maximum atomic E-state index is 11.8. The highest BCUT2D eigenvalue weighted by Crippen LogP contribution is 2.10. The lowest BCUT2D eigenvalue weighted by atomic mass is 10.1. The van der Waals surface area contributed by atoms with Crippen LogP contribution in [-0.2, 0) is 23.7 Å². The van der Waals surface area contributed by atoms with Crippen LogP contribution in [0.5, 0.6) is 0 Å². The SMILES string of the molecule is CCCCCCCCCCCCOCCOCCOCCOC(=O)C(=O)c1ccccc1.